The molecule has 0 aromatic carbocycles. The highest BCUT2D eigenvalue weighted by molar-refractivity contribution is 7.98. The summed E-state index contributed by atoms with van der Waals surface area (Å²) < 4.78 is 5.53. The Labute approximate surface area is 123 Å². The molecule has 1 N–H and O–H groups in total. The van der Waals surface area contributed by atoms with E-state index in [9.17, 15) is 4.79 Å². The number of nitrogens with one attached hydrogen (secondary N) is 1. The summed E-state index contributed by atoms with van der Waals surface area (Å²) in [4.78, 5) is 22.4. The van der Waals surface area contributed by atoms with Crippen LogP contribution in [0.2, 0.25) is 0 Å². The number of thioether (sulfide) groups is 1. The summed E-state index contributed by atoms with van der Waals surface area (Å²) in [7, 11) is 2.07. The van der Waals surface area contributed by atoms with Crippen LogP contribution in [0.15, 0.2) is 17.6 Å². The largest absolute Gasteiger partial charge is 0.380 e. The van der Waals surface area contributed by atoms with Crippen LogP contribution in [0.5, 0.6) is 0 Å². The van der Waals surface area contributed by atoms with E-state index in [-0.39, 0.29) is 5.91 Å². The molecule has 1 saturated heterocycles. The van der Waals surface area contributed by atoms with Crippen LogP contribution < -0.4 is 5.32 Å². The third kappa shape index (κ3) is 4.43. The van der Waals surface area contributed by atoms with E-state index in [1.807, 2.05) is 6.26 Å². The number of likely N-dealkylation sites (N-methyl/N-ethyl adjacent to an activating group) is 1. The van der Waals surface area contributed by atoms with Gasteiger partial charge in [-0.2, -0.15) is 0 Å². The summed E-state index contributed by atoms with van der Waals surface area (Å²) in [6.45, 7) is 3.92. The van der Waals surface area contributed by atoms with E-state index in [1.54, 1.807) is 12.4 Å². The van der Waals surface area contributed by atoms with Crippen molar-refractivity contribution in [2.24, 2.45) is 5.92 Å². The molecule has 0 saturated carbocycles. The van der Waals surface area contributed by atoms with Gasteiger partial charge in [-0.3, -0.25) is 4.79 Å². The fraction of sp³-hybridized carbons (Fsp3) is 0.615. The van der Waals surface area contributed by atoms with Gasteiger partial charge < -0.3 is 15.0 Å². The molecule has 1 aliphatic heterocycles. The third-order valence-electron chi connectivity index (χ3n) is 3.16. The van der Waals surface area contributed by atoms with Gasteiger partial charge in [0.15, 0.2) is 5.16 Å². The molecule has 1 aromatic heterocycles. The normalized spacial score (nSPS) is 20.4. The summed E-state index contributed by atoms with van der Waals surface area (Å²) >= 11 is 1.45. The van der Waals surface area contributed by atoms with Gasteiger partial charge in [0.25, 0.3) is 5.91 Å². The second kappa shape index (κ2) is 7.56. The van der Waals surface area contributed by atoms with Gasteiger partial charge >= 0.3 is 0 Å². The van der Waals surface area contributed by atoms with Crippen molar-refractivity contribution in [2.75, 3.05) is 46.2 Å². The van der Waals surface area contributed by atoms with Gasteiger partial charge in [0.2, 0.25) is 0 Å². The molecule has 1 amide bonds. The molecule has 2 heterocycles. The van der Waals surface area contributed by atoms with E-state index in [4.69, 9.17) is 4.74 Å². The maximum absolute atomic E-state index is 12.0. The SMILES string of the molecule is CSc1ncc(C(=O)NCC2COCCN(C)C2)cn1. The van der Waals surface area contributed by atoms with Crippen molar-refractivity contribution in [3.8, 4) is 0 Å². The van der Waals surface area contributed by atoms with Crippen LogP contribution in [-0.2, 0) is 4.74 Å². The van der Waals surface area contributed by atoms with Gasteiger partial charge in [0.1, 0.15) is 0 Å². The van der Waals surface area contributed by atoms with Crippen LogP contribution in [-0.4, -0.2) is 66.9 Å². The van der Waals surface area contributed by atoms with E-state index in [2.05, 4.69) is 27.2 Å². The highest BCUT2D eigenvalue weighted by atomic mass is 32.2. The third-order valence-corrected chi connectivity index (χ3v) is 3.74. The molecule has 6 nitrogen and oxygen atoms in total. The van der Waals surface area contributed by atoms with Gasteiger partial charge in [-0.1, -0.05) is 11.8 Å². The maximum atomic E-state index is 12.0. The zero-order valence-corrected chi connectivity index (χ0v) is 12.7. The lowest BCUT2D eigenvalue weighted by molar-refractivity contribution is 0.0920. The van der Waals surface area contributed by atoms with Crippen molar-refractivity contribution in [3.63, 3.8) is 0 Å². The number of amides is 1. The predicted octanol–water partition coefficient (Wildman–Crippen LogP) is 0.506. The van der Waals surface area contributed by atoms with Gasteiger partial charge in [0, 0.05) is 37.9 Å². The second-order valence-corrected chi connectivity index (χ2v) is 5.65. The highest BCUT2D eigenvalue weighted by Gasteiger charge is 2.17. The topological polar surface area (TPSA) is 67.3 Å². The average Bonchev–Trinajstić information content (AvgIpc) is 2.69. The van der Waals surface area contributed by atoms with Crippen LogP contribution in [0.3, 0.4) is 0 Å². The first-order valence-electron chi connectivity index (χ1n) is 6.59. The number of carbonyl (C=O) groups is 1. The molecule has 0 bridgehead atoms. The first-order valence-corrected chi connectivity index (χ1v) is 7.82. The van der Waals surface area contributed by atoms with Crippen LogP contribution in [0.25, 0.3) is 0 Å². The fourth-order valence-electron chi connectivity index (χ4n) is 2.06. The van der Waals surface area contributed by atoms with Crippen LogP contribution in [0.4, 0.5) is 0 Å². The van der Waals surface area contributed by atoms with Crippen molar-refractivity contribution < 1.29 is 9.53 Å². The monoisotopic (exact) mass is 296 g/mol. The highest BCUT2D eigenvalue weighted by Crippen LogP contribution is 2.08. The molecule has 0 spiro atoms. The summed E-state index contributed by atoms with van der Waals surface area (Å²) in [6.07, 6.45) is 5.02. The average molecular weight is 296 g/mol. The Kier molecular flexibility index (Phi) is 5.75. The summed E-state index contributed by atoms with van der Waals surface area (Å²) in [5, 5.41) is 3.59. The molecule has 1 fully saturated rings. The number of carbonyl (C=O) groups excluding carboxylic acids is 1. The van der Waals surface area contributed by atoms with E-state index in [1.165, 1.54) is 11.8 Å². The van der Waals surface area contributed by atoms with E-state index in [0.29, 0.717) is 29.8 Å². The minimum Gasteiger partial charge on any atom is -0.380 e. The van der Waals surface area contributed by atoms with Gasteiger partial charge in [-0.15, -0.1) is 0 Å². The predicted molar refractivity (Wildman–Crippen MR) is 78.0 cm³/mol. The minimum atomic E-state index is -0.135. The van der Waals surface area contributed by atoms with Crippen molar-refractivity contribution >= 4 is 17.7 Å². The standard InChI is InChI=1S/C13H20N4O2S/c1-17-3-4-19-9-10(8-17)5-14-12(18)11-6-15-13(20-2)16-7-11/h6-7,10H,3-5,8-9H2,1-2H3,(H,14,18). The number of rotatable bonds is 4. The molecule has 1 aromatic rings. The van der Waals surface area contributed by atoms with Crippen LogP contribution in [0.1, 0.15) is 10.4 Å². The minimum absolute atomic E-state index is 0.135. The summed E-state index contributed by atoms with van der Waals surface area (Å²) in [5.41, 5.74) is 0.491. The molecule has 0 aliphatic carbocycles. The van der Waals surface area contributed by atoms with Gasteiger partial charge in [-0.05, 0) is 13.3 Å². The molecule has 2 rings (SSSR count). The molecule has 1 unspecified atom stereocenters. The van der Waals surface area contributed by atoms with E-state index in [0.717, 1.165) is 19.7 Å². The molecule has 1 aliphatic rings. The Hall–Kier alpha value is -1.18. The Morgan fingerprint density at radius 1 is 1.55 bits per heavy atom. The number of ether oxygens (including phenoxy) is 1. The van der Waals surface area contributed by atoms with Crippen LogP contribution >= 0.6 is 11.8 Å². The smallest absolute Gasteiger partial charge is 0.254 e. The fourth-order valence-corrected chi connectivity index (χ4v) is 2.37. The molecule has 110 valence electrons. The number of aromatic nitrogens is 2. The van der Waals surface area contributed by atoms with E-state index < -0.39 is 0 Å². The number of hydrogen-bond donors (Lipinski definition) is 1. The number of hydrogen-bond acceptors (Lipinski definition) is 6. The van der Waals surface area contributed by atoms with Gasteiger partial charge in [-0.25, -0.2) is 9.97 Å². The molecular formula is C13H20N4O2S. The molecule has 7 heteroatoms. The zero-order chi connectivity index (χ0) is 14.4. The molecule has 0 radical (unpaired) electrons. The second-order valence-electron chi connectivity index (χ2n) is 4.87. The lowest BCUT2D eigenvalue weighted by Gasteiger charge is -2.19. The lowest BCUT2D eigenvalue weighted by Crippen LogP contribution is -2.35. The number of nitrogens with zero attached hydrogens (tertiary/aromatic N) is 3. The quantitative estimate of drug-likeness (QED) is 0.645. The first-order chi connectivity index (χ1) is 9.69. The van der Waals surface area contributed by atoms with Gasteiger partial charge in [0.05, 0.1) is 18.8 Å². The Balaban J connectivity index is 1.84. The molecule has 1 atom stereocenters. The van der Waals surface area contributed by atoms with Crippen molar-refractivity contribution in [3.05, 3.63) is 18.0 Å². The Morgan fingerprint density at radius 2 is 2.30 bits per heavy atom. The van der Waals surface area contributed by atoms with Crippen molar-refractivity contribution in [2.45, 2.75) is 5.16 Å². The maximum Gasteiger partial charge on any atom is 0.254 e. The molecular weight excluding hydrogens is 276 g/mol. The first kappa shape index (κ1) is 15.2. The van der Waals surface area contributed by atoms with Crippen molar-refractivity contribution in [1.29, 1.82) is 0 Å². The molecule has 20 heavy (non-hydrogen) atoms. The van der Waals surface area contributed by atoms with Crippen LogP contribution in [0, 0.1) is 5.92 Å². The lowest BCUT2D eigenvalue weighted by atomic mass is 10.1. The summed E-state index contributed by atoms with van der Waals surface area (Å²) in [6, 6.07) is 0. The van der Waals surface area contributed by atoms with Crippen molar-refractivity contribution in [1.82, 2.24) is 20.2 Å². The zero-order valence-electron chi connectivity index (χ0n) is 11.8. The summed E-state index contributed by atoms with van der Waals surface area (Å²) in [5.74, 6) is 0.183. The Bertz CT molecular complexity index is 441. The van der Waals surface area contributed by atoms with E-state index >= 15 is 0 Å². The Morgan fingerprint density at radius 3 is 3.00 bits per heavy atom.